The average Bonchev–Trinajstić information content (AvgIpc) is 2.09. The molecule has 1 N–H and O–H groups in total. The number of hydrogen-bond donors (Lipinski definition) is 1. The summed E-state index contributed by atoms with van der Waals surface area (Å²) in [6.45, 7) is 6.93. The Kier molecular flexibility index (Phi) is 4.67. The summed E-state index contributed by atoms with van der Waals surface area (Å²) in [4.78, 5) is 0. The molecule has 0 saturated heterocycles. The predicted molar refractivity (Wildman–Crippen MR) is 54.3 cm³/mol. The summed E-state index contributed by atoms with van der Waals surface area (Å²) in [5.74, 6) is 2.03. The summed E-state index contributed by atoms with van der Waals surface area (Å²) in [5.41, 5.74) is 0. The fourth-order valence-corrected chi connectivity index (χ4v) is 2.10. The predicted octanol–water partition coefficient (Wildman–Crippen LogP) is 2.81. The van der Waals surface area contributed by atoms with Crippen molar-refractivity contribution in [2.45, 2.75) is 46.0 Å². The first-order valence-electron chi connectivity index (χ1n) is 5.53. The number of nitrogens with one attached hydrogen (secondary N) is 1. The number of rotatable bonds is 4. The first kappa shape index (κ1) is 10.0. The molecule has 1 heteroatoms. The lowest BCUT2D eigenvalue weighted by molar-refractivity contribution is 0.276. The molecule has 1 fully saturated rings. The summed E-state index contributed by atoms with van der Waals surface area (Å²) >= 11 is 0. The molecule has 0 bridgehead atoms. The Hall–Kier alpha value is -0.0400. The third-order valence-corrected chi connectivity index (χ3v) is 3.11. The van der Waals surface area contributed by atoms with E-state index in [4.69, 9.17) is 0 Å². The molecule has 72 valence electrons. The van der Waals surface area contributed by atoms with Crippen molar-refractivity contribution in [1.29, 1.82) is 0 Å². The molecule has 1 aliphatic carbocycles. The molecule has 0 aliphatic heterocycles. The van der Waals surface area contributed by atoms with Gasteiger partial charge < -0.3 is 5.32 Å². The zero-order valence-electron chi connectivity index (χ0n) is 8.60. The highest BCUT2D eigenvalue weighted by Gasteiger charge is 2.17. The third-order valence-electron chi connectivity index (χ3n) is 3.11. The Morgan fingerprint density at radius 3 is 2.42 bits per heavy atom. The molecule has 1 rings (SSSR count). The molecule has 0 atom stereocenters. The van der Waals surface area contributed by atoms with E-state index in [0.29, 0.717) is 0 Å². The monoisotopic (exact) mass is 169 g/mol. The maximum Gasteiger partial charge on any atom is -0.00464 e. The van der Waals surface area contributed by atoms with Crippen molar-refractivity contribution in [2.75, 3.05) is 13.1 Å². The zero-order valence-corrected chi connectivity index (χ0v) is 8.60. The van der Waals surface area contributed by atoms with Gasteiger partial charge in [-0.05, 0) is 31.3 Å². The van der Waals surface area contributed by atoms with Gasteiger partial charge >= 0.3 is 0 Å². The minimum atomic E-state index is 1.00. The van der Waals surface area contributed by atoms with Gasteiger partial charge in [0.15, 0.2) is 0 Å². The molecule has 0 amide bonds. The van der Waals surface area contributed by atoms with Gasteiger partial charge in [-0.15, -0.1) is 0 Å². The average molecular weight is 169 g/mol. The topological polar surface area (TPSA) is 12.0 Å². The molecule has 0 radical (unpaired) electrons. The molecular weight excluding hydrogens is 146 g/mol. The van der Waals surface area contributed by atoms with E-state index in [1.165, 1.54) is 38.6 Å². The first-order valence-corrected chi connectivity index (χ1v) is 5.53. The largest absolute Gasteiger partial charge is 0.317 e. The molecule has 12 heavy (non-hydrogen) atoms. The van der Waals surface area contributed by atoms with Gasteiger partial charge in [-0.3, -0.25) is 0 Å². The molecular formula is C11H23N. The van der Waals surface area contributed by atoms with Crippen molar-refractivity contribution in [3.05, 3.63) is 0 Å². The Morgan fingerprint density at radius 2 is 1.83 bits per heavy atom. The molecule has 0 spiro atoms. The Labute approximate surface area is 76.9 Å². The lowest BCUT2D eigenvalue weighted by Crippen LogP contribution is -2.20. The Bertz CT molecular complexity index is 104. The molecule has 0 unspecified atom stereocenters. The van der Waals surface area contributed by atoms with Crippen molar-refractivity contribution in [1.82, 2.24) is 5.32 Å². The second kappa shape index (κ2) is 5.58. The van der Waals surface area contributed by atoms with Gasteiger partial charge in [0, 0.05) is 0 Å². The van der Waals surface area contributed by atoms with Gasteiger partial charge in [-0.1, -0.05) is 39.5 Å². The SMILES string of the molecule is CCNCC[C@H]1CC[C@@H](C)CC1. The number of hydrogen-bond acceptors (Lipinski definition) is 1. The van der Waals surface area contributed by atoms with Gasteiger partial charge in [0.05, 0.1) is 0 Å². The van der Waals surface area contributed by atoms with Crippen LogP contribution in [0.15, 0.2) is 0 Å². The van der Waals surface area contributed by atoms with Crippen LogP contribution in [0.4, 0.5) is 0 Å². The fourth-order valence-electron chi connectivity index (χ4n) is 2.10. The standard InChI is InChI=1S/C11H23N/c1-3-12-9-8-11-6-4-10(2)5-7-11/h10-12H,3-9H2,1-2H3/t10-,11+. The maximum absolute atomic E-state index is 3.41. The van der Waals surface area contributed by atoms with Gasteiger partial charge in [0.25, 0.3) is 0 Å². The normalized spacial score (nSPS) is 30.5. The maximum atomic E-state index is 3.41. The van der Waals surface area contributed by atoms with Gasteiger partial charge in [-0.2, -0.15) is 0 Å². The van der Waals surface area contributed by atoms with Crippen molar-refractivity contribution in [2.24, 2.45) is 11.8 Å². The first-order chi connectivity index (χ1) is 5.83. The Balaban J connectivity index is 2.01. The molecule has 0 aromatic carbocycles. The van der Waals surface area contributed by atoms with E-state index in [1.54, 1.807) is 0 Å². The highest BCUT2D eigenvalue weighted by atomic mass is 14.8. The Morgan fingerprint density at radius 1 is 1.17 bits per heavy atom. The molecule has 1 aliphatic rings. The minimum Gasteiger partial charge on any atom is -0.317 e. The summed E-state index contributed by atoms with van der Waals surface area (Å²) in [5, 5.41) is 3.41. The third kappa shape index (κ3) is 3.57. The second-order valence-corrected chi connectivity index (χ2v) is 4.27. The van der Waals surface area contributed by atoms with Crippen LogP contribution in [0.2, 0.25) is 0 Å². The highest BCUT2D eigenvalue weighted by molar-refractivity contribution is 4.70. The van der Waals surface area contributed by atoms with Crippen LogP contribution >= 0.6 is 0 Å². The molecule has 0 aromatic heterocycles. The van der Waals surface area contributed by atoms with Crippen LogP contribution in [0.5, 0.6) is 0 Å². The van der Waals surface area contributed by atoms with Gasteiger partial charge in [0.2, 0.25) is 0 Å². The van der Waals surface area contributed by atoms with Crippen LogP contribution in [-0.2, 0) is 0 Å². The van der Waals surface area contributed by atoms with E-state index in [1.807, 2.05) is 0 Å². The highest BCUT2D eigenvalue weighted by Crippen LogP contribution is 2.29. The fraction of sp³-hybridized carbons (Fsp3) is 1.00. The van der Waals surface area contributed by atoms with Crippen LogP contribution in [-0.4, -0.2) is 13.1 Å². The zero-order chi connectivity index (χ0) is 8.81. The van der Waals surface area contributed by atoms with E-state index in [-0.39, 0.29) is 0 Å². The second-order valence-electron chi connectivity index (χ2n) is 4.27. The lowest BCUT2D eigenvalue weighted by atomic mass is 9.81. The van der Waals surface area contributed by atoms with Gasteiger partial charge in [0.1, 0.15) is 0 Å². The molecule has 0 heterocycles. The molecule has 0 aromatic rings. The van der Waals surface area contributed by atoms with Crippen LogP contribution in [0.25, 0.3) is 0 Å². The van der Waals surface area contributed by atoms with Crippen molar-refractivity contribution in [3.63, 3.8) is 0 Å². The van der Waals surface area contributed by atoms with E-state index < -0.39 is 0 Å². The van der Waals surface area contributed by atoms with Crippen molar-refractivity contribution in [3.8, 4) is 0 Å². The summed E-state index contributed by atoms with van der Waals surface area (Å²) in [7, 11) is 0. The van der Waals surface area contributed by atoms with Crippen molar-refractivity contribution < 1.29 is 0 Å². The smallest absolute Gasteiger partial charge is 0.00464 e. The molecule has 1 nitrogen and oxygen atoms in total. The van der Waals surface area contributed by atoms with Gasteiger partial charge in [-0.25, -0.2) is 0 Å². The minimum absolute atomic E-state index is 1.00. The van der Waals surface area contributed by atoms with Crippen LogP contribution < -0.4 is 5.32 Å². The quantitative estimate of drug-likeness (QED) is 0.638. The van der Waals surface area contributed by atoms with Crippen LogP contribution in [0, 0.1) is 11.8 Å². The van der Waals surface area contributed by atoms with E-state index in [0.717, 1.165) is 18.4 Å². The van der Waals surface area contributed by atoms with Crippen molar-refractivity contribution >= 4 is 0 Å². The lowest BCUT2D eigenvalue weighted by Gasteiger charge is -2.25. The van der Waals surface area contributed by atoms with Crippen LogP contribution in [0.3, 0.4) is 0 Å². The van der Waals surface area contributed by atoms with E-state index in [9.17, 15) is 0 Å². The summed E-state index contributed by atoms with van der Waals surface area (Å²) in [6, 6.07) is 0. The molecule has 1 saturated carbocycles. The van der Waals surface area contributed by atoms with E-state index in [2.05, 4.69) is 19.2 Å². The van der Waals surface area contributed by atoms with E-state index >= 15 is 0 Å². The van der Waals surface area contributed by atoms with Crippen LogP contribution in [0.1, 0.15) is 46.0 Å². The summed E-state index contributed by atoms with van der Waals surface area (Å²) < 4.78 is 0. The summed E-state index contributed by atoms with van der Waals surface area (Å²) in [6.07, 6.45) is 7.30.